The van der Waals surface area contributed by atoms with Gasteiger partial charge in [-0.05, 0) is 47.7 Å². The minimum atomic E-state index is -3.75. The lowest BCUT2D eigenvalue weighted by atomic mass is 10.1. The number of carbonyl (C=O) groups is 2. The Bertz CT molecular complexity index is 1140. The van der Waals surface area contributed by atoms with Crippen molar-refractivity contribution in [2.45, 2.75) is 42.9 Å². The number of halogens is 1. The number of hydrogen-bond donors (Lipinski definition) is 3. The van der Waals surface area contributed by atoms with Crippen LogP contribution in [-0.4, -0.2) is 37.7 Å². The van der Waals surface area contributed by atoms with Crippen molar-refractivity contribution in [3.63, 3.8) is 0 Å². The molecule has 1 fully saturated rings. The summed E-state index contributed by atoms with van der Waals surface area (Å²) in [6, 6.07) is 10.0. The Balaban J connectivity index is 1.49. The standard InChI is InChI=1S/C21H23ClN4O4S/c22-15-8-7-13(11-23)14(10-15)12-24-20(27)17-5-3-9-26(17)21(28)19-16-4-1-2-6-18(16)31(29,30)25-19/h1-2,4,6-8,10,17,19,25H,3,5,9,11-12,23H2,(H,24,27). The Hall–Kier alpha value is -2.46. The van der Waals surface area contributed by atoms with Crippen molar-refractivity contribution in [2.75, 3.05) is 6.54 Å². The summed E-state index contributed by atoms with van der Waals surface area (Å²) in [4.78, 5) is 27.7. The summed E-state index contributed by atoms with van der Waals surface area (Å²) in [5.41, 5.74) is 7.86. The minimum Gasteiger partial charge on any atom is -0.350 e. The van der Waals surface area contributed by atoms with E-state index in [0.717, 1.165) is 11.1 Å². The number of rotatable bonds is 5. The van der Waals surface area contributed by atoms with Crippen LogP contribution < -0.4 is 15.8 Å². The third-order valence-electron chi connectivity index (χ3n) is 5.72. The largest absolute Gasteiger partial charge is 0.350 e. The number of sulfonamides is 1. The van der Waals surface area contributed by atoms with Gasteiger partial charge >= 0.3 is 0 Å². The van der Waals surface area contributed by atoms with Gasteiger partial charge in [-0.25, -0.2) is 8.42 Å². The van der Waals surface area contributed by atoms with Crippen LogP contribution in [0.15, 0.2) is 47.4 Å². The molecule has 8 nitrogen and oxygen atoms in total. The number of likely N-dealkylation sites (tertiary alicyclic amines) is 1. The molecule has 4 N–H and O–H groups in total. The van der Waals surface area contributed by atoms with Crippen molar-refractivity contribution in [3.8, 4) is 0 Å². The smallest absolute Gasteiger partial charge is 0.246 e. The van der Waals surface area contributed by atoms with Crippen LogP contribution in [0, 0.1) is 0 Å². The molecular formula is C21H23ClN4O4S. The monoisotopic (exact) mass is 462 g/mol. The molecule has 164 valence electrons. The number of carbonyl (C=O) groups excluding carboxylic acids is 2. The zero-order chi connectivity index (χ0) is 22.2. The maximum Gasteiger partial charge on any atom is 0.246 e. The number of nitrogens with two attached hydrogens (primary N) is 1. The first kappa shape index (κ1) is 21.8. The second-order valence-corrected chi connectivity index (χ2v) is 9.74. The predicted molar refractivity (Wildman–Crippen MR) is 115 cm³/mol. The van der Waals surface area contributed by atoms with Crippen molar-refractivity contribution < 1.29 is 18.0 Å². The molecule has 0 saturated carbocycles. The average Bonchev–Trinajstić information content (AvgIpc) is 3.35. The van der Waals surface area contributed by atoms with Gasteiger partial charge in [0, 0.05) is 24.7 Å². The maximum atomic E-state index is 13.2. The Morgan fingerprint density at radius 3 is 2.74 bits per heavy atom. The highest BCUT2D eigenvalue weighted by atomic mass is 35.5. The second kappa shape index (κ2) is 8.58. The zero-order valence-corrected chi connectivity index (χ0v) is 18.2. The lowest BCUT2D eigenvalue weighted by Crippen LogP contribution is -2.48. The SMILES string of the molecule is NCc1ccc(Cl)cc1CNC(=O)C1CCCN1C(=O)C1NS(=O)(=O)c2ccccc21. The quantitative estimate of drug-likeness (QED) is 0.620. The van der Waals surface area contributed by atoms with E-state index in [0.29, 0.717) is 36.5 Å². The van der Waals surface area contributed by atoms with Crippen LogP contribution in [0.5, 0.6) is 0 Å². The van der Waals surface area contributed by atoms with Crippen molar-refractivity contribution in [3.05, 3.63) is 64.2 Å². The molecule has 2 amide bonds. The van der Waals surface area contributed by atoms with Gasteiger partial charge < -0.3 is 16.0 Å². The molecule has 0 aliphatic carbocycles. The van der Waals surface area contributed by atoms with Crippen LogP contribution in [-0.2, 0) is 32.7 Å². The molecule has 0 aromatic heterocycles. The van der Waals surface area contributed by atoms with Gasteiger partial charge in [0.15, 0.2) is 0 Å². The van der Waals surface area contributed by atoms with Gasteiger partial charge in [-0.2, -0.15) is 4.72 Å². The van der Waals surface area contributed by atoms with Gasteiger partial charge in [0.05, 0.1) is 4.90 Å². The van der Waals surface area contributed by atoms with E-state index in [1.807, 2.05) is 6.07 Å². The molecule has 4 rings (SSSR count). The normalized spacial score (nSPS) is 21.7. The van der Waals surface area contributed by atoms with E-state index in [2.05, 4.69) is 10.0 Å². The third-order valence-corrected chi connectivity index (χ3v) is 7.45. The maximum absolute atomic E-state index is 13.2. The first-order valence-corrected chi connectivity index (χ1v) is 11.8. The van der Waals surface area contributed by atoms with Crippen LogP contribution in [0.25, 0.3) is 0 Å². The van der Waals surface area contributed by atoms with Gasteiger partial charge in [0.1, 0.15) is 12.1 Å². The summed E-state index contributed by atoms with van der Waals surface area (Å²) in [6.45, 7) is 0.948. The van der Waals surface area contributed by atoms with E-state index >= 15 is 0 Å². The Kier molecular flexibility index (Phi) is 6.02. The van der Waals surface area contributed by atoms with Crippen LogP contribution in [0.2, 0.25) is 5.02 Å². The summed E-state index contributed by atoms with van der Waals surface area (Å²) in [7, 11) is -3.75. The predicted octanol–water partition coefficient (Wildman–Crippen LogP) is 1.44. The lowest BCUT2D eigenvalue weighted by molar-refractivity contribution is -0.139. The van der Waals surface area contributed by atoms with Gasteiger partial charge in [-0.15, -0.1) is 0 Å². The molecular weight excluding hydrogens is 440 g/mol. The number of fused-ring (bicyclic) bond motifs is 1. The lowest BCUT2D eigenvalue weighted by Gasteiger charge is -2.26. The molecule has 0 bridgehead atoms. The number of nitrogens with one attached hydrogen (secondary N) is 2. The number of amides is 2. The van der Waals surface area contributed by atoms with Gasteiger partial charge in [0.25, 0.3) is 0 Å². The summed E-state index contributed by atoms with van der Waals surface area (Å²) >= 11 is 6.06. The van der Waals surface area contributed by atoms with Gasteiger partial charge in [-0.1, -0.05) is 35.9 Å². The molecule has 2 aromatic carbocycles. The Morgan fingerprint density at radius 1 is 1.19 bits per heavy atom. The first-order valence-electron chi connectivity index (χ1n) is 9.98. The summed E-state index contributed by atoms with van der Waals surface area (Å²) in [5.74, 6) is -0.709. The topological polar surface area (TPSA) is 122 Å². The van der Waals surface area contributed by atoms with E-state index in [1.165, 1.54) is 11.0 Å². The molecule has 2 aromatic rings. The molecule has 31 heavy (non-hydrogen) atoms. The highest BCUT2D eigenvalue weighted by Crippen LogP contribution is 2.33. The first-order chi connectivity index (χ1) is 14.8. The molecule has 0 spiro atoms. The van der Waals surface area contributed by atoms with E-state index in [1.54, 1.807) is 30.3 Å². The number of nitrogens with zero attached hydrogens (tertiary/aromatic N) is 1. The molecule has 10 heteroatoms. The third kappa shape index (κ3) is 4.18. The summed E-state index contributed by atoms with van der Waals surface area (Å²) < 4.78 is 27.2. The van der Waals surface area contributed by atoms with Gasteiger partial charge in [0.2, 0.25) is 21.8 Å². The molecule has 1 saturated heterocycles. The van der Waals surface area contributed by atoms with E-state index < -0.39 is 28.0 Å². The fraction of sp³-hybridized carbons (Fsp3) is 0.333. The van der Waals surface area contributed by atoms with Crippen molar-refractivity contribution in [1.29, 1.82) is 0 Å². The molecule has 0 radical (unpaired) electrons. The van der Waals surface area contributed by atoms with Crippen LogP contribution in [0.3, 0.4) is 0 Å². The molecule has 2 atom stereocenters. The molecule has 2 aliphatic rings. The molecule has 2 aliphatic heterocycles. The fourth-order valence-corrected chi connectivity index (χ4v) is 5.77. The highest BCUT2D eigenvalue weighted by Gasteiger charge is 2.43. The second-order valence-electron chi connectivity index (χ2n) is 7.62. The zero-order valence-electron chi connectivity index (χ0n) is 16.7. The van der Waals surface area contributed by atoms with E-state index in [4.69, 9.17) is 17.3 Å². The number of benzene rings is 2. The summed E-state index contributed by atoms with van der Waals surface area (Å²) in [5, 5.41) is 3.42. The van der Waals surface area contributed by atoms with E-state index in [-0.39, 0.29) is 17.3 Å². The van der Waals surface area contributed by atoms with Crippen LogP contribution in [0.4, 0.5) is 0 Å². The fourth-order valence-electron chi connectivity index (χ4n) is 4.16. The van der Waals surface area contributed by atoms with Crippen LogP contribution >= 0.6 is 11.6 Å². The van der Waals surface area contributed by atoms with Crippen LogP contribution in [0.1, 0.15) is 35.6 Å². The summed E-state index contributed by atoms with van der Waals surface area (Å²) in [6.07, 6.45) is 1.17. The van der Waals surface area contributed by atoms with Crippen molar-refractivity contribution in [2.24, 2.45) is 5.73 Å². The molecule has 2 unspecified atom stereocenters. The van der Waals surface area contributed by atoms with Gasteiger partial charge in [-0.3, -0.25) is 9.59 Å². The van der Waals surface area contributed by atoms with Crippen molar-refractivity contribution >= 4 is 33.4 Å². The highest BCUT2D eigenvalue weighted by molar-refractivity contribution is 7.89. The average molecular weight is 463 g/mol. The Morgan fingerprint density at radius 2 is 1.97 bits per heavy atom. The Labute approximate surface area is 185 Å². The molecule has 2 heterocycles. The number of hydrogen-bond acceptors (Lipinski definition) is 5. The van der Waals surface area contributed by atoms with Crippen molar-refractivity contribution in [1.82, 2.24) is 14.9 Å². The minimum absolute atomic E-state index is 0.101. The van der Waals surface area contributed by atoms with E-state index in [9.17, 15) is 18.0 Å².